The first-order valence-electron chi connectivity index (χ1n) is 15.1. The van der Waals surface area contributed by atoms with Crippen LogP contribution in [-0.4, -0.2) is 70.6 Å². The highest BCUT2D eigenvalue weighted by atomic mass is 32.2. The van der Waals surface area contributed by atoms with Crippen LogP contribution < -0.4 is 10.6 Å². The first-order chi connectivity index (χ1) is 21.4. The van der Waals surface area contributed by atoms with Crippen molar-refractivity contribution in [3.63, 3.8) is 0 Å². The van der Waals surface area contributed by atoms with E-state index in [1.54, 1.807) is 42.5 Å². The van der Waals surface area contributed by atoms with Gasteiger partial charge in [0.05, 0.1) is 18.8 Å². The number of allylic oxidation sites excluding steroid dienone is 3. The van der Waals surface area contributed by atoms with Crippen molar-refractivity contribution in [2.45, 2.75) is 57.3 Å². The fraction of sp³-hybridized carbons (Fsp3) is 0.471. The summed E-state index contributed by atoms with van der Waals surface area (Å²) in [4.78, 5) is 25.4. The number of hydrogen-bond donors (Lipinski definition) is 2. The summed E-state index contributed by atoms with van der Waals surface area (Å²) in [5.41, 5.74) is 4.45. The van der Waals surface area contributed by atoms with E-state index < -0.39 is 0 Å². The van der Waals surface area contributed by atoms with Crippen LogP contribution in [0.15, 0.2) is 64.0 Å². The molecule has 0 bridgehead atoms. The monoisotopic (exact) mass is 645 g/mol. The zero-order chi connectivity index (χ0) is 32.2. The molecule has 0 unspecified atom stereocenters. The van der Waals surface area contributed by atoms with Crippen molar-refractivity contribution < 1.29 is 23.5 Å². The zero-order valence-electron chi connectivity index (χ0n) is 26.7. The number of thiophene rings is 1. The Labute approximate surface area is 271 Å². The van der Waals surface area contributed by atoms with Crippen LogP contribution in [0.1, 0.15) is 59.5 Å². The van der Waals surface area contributed by atoms with Crippen LogP contribution in [0.3, 0.4) is 0 Å². The van der Waals surface area contributed by atoms with E-state index in [1.165, 1.54) is 29.3 Å². The molecular formula is C34H48FN3O4S2. The Balaban J connectivity index is 0.000000288. The molecule has 0 radical (unpaired) electrons. The number of halogens is 1. The predicted octanol–water partition coefficient (Wildman–Crippen LogP) is 6.54. The Hall–Kier alpha value is -2.60. The molecule has 7 nitrogen and oxygen atoms in total. The van der Waals surface area contributed by atoms with Crippen LogP contribution in [0.2, 0.25) is 0 Å². The van der Waals surface area contributed by atoms with Gasteiger partial charge in [0.25, 0.3) is 5.91 Å². The van der Waals surface area contributed by atoms with Crippen molar-refractivity contribution >= 4 is 35.5 Å². The molecule has 4 rings (SSSR count). The molecule has 44 heavy (non-hydrogen) atoms. The van der Waals surface area contributed by atoms with E-state index in [2.05, 4.69) is 14.9 Å². The van der Waals surface area contributed by atoms with Crippen molar-refractivity contribution in [2.24, 2.45) is 0 Å². The Kier molecular flexibility index (Phi) is 18.8. The molecule has 1 amide bonds. The zero-order valence-corrected chi connectivity index (χ0v) is 28.4. The number of aryl methyl sites for hydroxylation is 1. The highest BCUT2D eigenvalue weighted by Crippen LogP contribution is 2.30. The number of carbonyl (C=O) groups excluding carboxylic acids is 2. The molecule has 2 heterocycles. The Morgan fingerprint density at radius 3 is 2.59 bits per heavy atom. The molecule has 2 aromatic rings. The van der Waals surface area contributed by atoms with Gasteiger partial charge in [-0.25, -0.2) is 8.70 Å². The molecule has 242 valence electrons. The molecule has 1 aliphatic heterocycles. The van der Waals surface area contributed by atoms with E-state index in [0.29, 0.717) is 12.2 Å². The van der Waals surface area contributed by atoms with E-state index in [1.807, 2.05) is 57.6 Å². The van der Waals surface area contributed by atoms with Gasteiger partial charge in [0, 0.05) is 54.1 Å². The molecule has 1 aromatic heterocycles. The van der Waals surface area contributed by atoms with Crippen LogP contribution in [0, 0.1) is 5.82 Å². The molecule has 2 aliphatic rings. The average Bonchev–Trinajstić information content (AvgIpc) is 3.30. The highest BCUT2D eigenvalue weighted by molar-refractivity contribution is 7.97. The van der Waals surface area contributed by atoms with Crippen molar-refractivity contribution in [2.75, 3.05) is 54.1 Å². The van der Waals surface area contributed by atoms with Gasteiger partial charge in [-0.05, 0) is 113 Å². The smallest absolute Gasteiger partial charge is 0.256 e. The fourth-order valence-electron chi connectivity index (χ4n) is 4.50. The Morgan fingerprint density at radius 1 is 1.11 bits per heavy atom. The second-order valence-corrected chi connectivity index (χ2v) is 12.3. The summed E-state index contributed by atoms with van der Waals surface area (Å²) in [7, 11) is 5.43. The topological polar surface area (TPSA) is 79.9 Å². The van der Waals surface area contributed by atoms with Gasteiger partial charge in [0.2, 0.25) is 0 Å². The Morgan fingerprint density at radius 2 is 1.89 bits per heavy atom. The van der Waals surface area contributed by atoms with Crippen LogP contribution in [0.25, 0.3) is 0 Å². The third-order valence-corrected chi connectivity index (χ3v) is 8.95. The largest absolute Gasteiger partial charge is 0.380 e. The standard InChI is InChI=1S/C19H25NO2S.C13H16FNO2S.C2H7N/c1-4-14(12-22-3)10-11-15(5-2)20-19(21)17-13-23-18-9-7-6-8-16(17)18;14-13-3-2-12(10-11(13)4-7-16)18-15-5-1-8-17-9-6-15;1-3-2/h4-5,10-11,13H,6-9,12H2,1-3H3,(H,20,21);2-3,7,10H,1,4-6,8-9H2;3H,1-2H3/b11-10-,14-4+,15-5+;;. The molecule has 1 aliphatic carbocycles. The van der Waals surface area contributed by atoms with Crippen LogP contribution in [-0.2, 0) is 33.5 Å². The molecule has 1 aromatic carbocycles. The number of ether oxygens (including phenoxy) is 2. The summed E-state index contributed by atoms with van der Waals surface area (Å²) in [6, 6.07) is 4.93. The second-order valence-electron chi connectivity index (χ2n) is 10.2. The van der Waals surface area contributed by atoms with Gasteiger partial charge in [-0.1, -0.05) is 18.2 Å². The molecule has 1 saturated heterocycles. The second kappa shape index (κ2) is 22.0. The number of amides is 1. The lowest BCUT2D eigenvalue weighted by atomic mass is 9.95. The van der Waals surface area contributed by atoms with E-state index in [4.69, 9.17) is 9.47 Å². The number of benzene rings is 1. The number of rotatable bonds is 10. The van der Waals surface area contributed by atoms with Crippen molar-refractivity contribution in [1.82, 2.24) is 14.9 Å². The summed E-state index contributed by atoms with van der Waals surface area (Å²) in [6.45, 7) is 7.83. The number of nitrogens with zero attached hydrogens (tertiary/aromatic N) is 1. The first-order valence-corrected chi connectivity index (χ1v) is 16.8. The van der Waals surface area contributed by atoms with Crippen LogP contribution in [0.5, 0.6) is 0 Å². The molecule has 0 spiro atoms. The SMILES string of the molecule is CNC.C\C=C(/C=C\C(=C/C)NC(=O)c1csc2c1CCCC2)COC.O=CCc1cc(SN2CCCOCC2)ccc1F. The molecule has 2 N–H and O–H groups in total. The van der Waals surface area contributed by atoms with E-state index in [0.717, 1.165) is 73.6 Å². The van der Waals surface area contributed by atoms with E-state index in [9.17, 15) is 14.0 Å². The molecule has 10 heteroatoms. The molecule has 1 fully saturated rings. The summed E-state index contributed by atoms with van der Waals surface area (Å²) in [5, 5.41) is 7.77. The third-order valence-electron chi connectivity index (χ3n) is 6.77. The minimum absolute atomic E-state index is 0.00378. The number of nitrogens with one attached hydrogen (secondary N) is 2. The van der Waals surface area contributed by atoms with Gasteiger partial charge >= 0.3 is 0 Å². The normalized spacial score (nSPS) is 15.8. The van der Waals surface area contributed by atoms with Crippen molar-refractivity contribution in [3.05, 3.63) is 86.5 Å². The summed E-state index contributed by atoms with van der Waals surface area (Å²) >= 11 is 3.32. The van der Waals surface area contributed by atoms with E-state index >= 15 is 0 Å². The number of carbonyl (C=O) groups is 2. The highest BCUT2D eigenvalue weighted by Gasteiger charge is 2.20. The first kappa shape index (κ1) is 37.6. The maximum Gasteiger partial charge on any atom is 0.256 e. The lowest BCUT2D eigenvalue weighted by Crippen LogP contribution is -2.23. The molecular weight excluding hydrogens is 598 g/mol. The number of fused-ring (bicyclic) bond motifs is 1. The summed E-state index contributed by atoms with van der Waals surface area (Å²) < 4.78 is 26.1. The number of methoxy groups -OCH3 is 1. The quantitative estimate of drug-likeness (QED) is 0.173. The van der Waals surface area contributed by atoms with Gasteiger partial charge in [-0.15, -0.1) is 11.3 Å². The predicted molar refractivity (Wildman–Crippen MR) is 181 cm³/mol. The van der Waals surface area contributed by atoms with Crippen LogP contribution in [0.4, 0.5) is 4.39 Å². The van der Waals surface area contributed by atoms with Gasteiger partial charge in [0.15, 0.2) is 0 Å². The Bertz CT molecular complexity index is 1250. The van der Waals surface area contributed by atoms with E-state index in [-0.39, 0.29) is 18.1 Å². The minimum Gasteiger partial charge on any atom is -0.380 e. The average molecular weight is 646 g/mol. The lowest BCUT2D eigenvalue weighted by molar-refractivity contribution is -0.107. The maximum absolute atomic E-state index is 13.4. The third kappa shape index (κ3) is 13.2. The van der Waals surface area contributed by atoms with Gasteiger partial charge in [0.1, 0.15) is 12.1 Å². The van der Waals surface area contributed by atoms with Crippen LogP contribution >= 0.6 is 23.3 Å². The van der Waals surface area contributed by atoms with Gasteiger partial charge in [-0.2, -0.15) is 0 Å². The molecule has 0 saturated carbocycles. The fourth-order valence-corrected chi connectivity index (χ4v) is 6.64. The summed E-state index contributed by atoms with van der Waals surface area (Å²) in [6.07, 6.45) is 14.2. The van der Waals surface area contributed by atoms with Crippen molar-refractivity contribution in [3.8, 4) is 0 Å². The van der Waals surface area contributed by atoms with Gasteiger partial charge in [-0.3, -0.25) is 4.79 Å². The lowest BCUT2D eigenvalue weighted by Gasteiger charge is -2.17. The summed E-state index contributed by atoms with van der Waals surface area (Å²) in [5.74, 6) is -0.318. The van der Waals surface area contributed by atoms with Gasteiger partial charge < -0.3 is 24.9 Å². The number of hydrogen-bond acceptors (Lipinski definition) is 8. The molecule has 0 atom stereocenters. The van der Waals surface area contributed by atoms with Crippen molar-refractivity contribution in [1.29, 1.82) is 0 Å². The maximum atomic E-state index is 13.4. The minimum atomic E-state index is -0.314. The number of aldehydes is 1.